The summed E-state index contributed by atoms with van der Waals surface area (Å²) in [6.07, 6.45) is 9.61. The Hall–Kier alpha value is -0.0800. The molecule has 3 unspecified atom stereocenters. The van der Waals surface area contributed by atoms with Crippen molar-refractivity contribution in [2.45, 2.75) is 77.8 Å². The lowest BCUT2D eigenvalue weighted by Gasteiger charge is -2.46. The standard InChI is InChI=1S/C17H34N2/c1-13-5-6-14(12-18)16(11-13)19(4)15-7-9-17(2,3)10-8-15/h13-16H,5-12,18H2,1-4H3. The second-order valence-electron chi connectivity index (χ2n) is 8.04. The molecule has 0 spiro atoms. The summed E-state index contributed by atoms with van der Waals surface area (Å²) < 4.78 is 0. The van der Waals surface area contributed by atoms with Crippen LogP contribution in [0.25, 0.3) is 0 Å². The molecule has 2 fully saturated rings. The molecule has 19 heavy (non-hydrogen) atoms. The highest BCUT2D eigenvalue weighted by Crippen LogP contribution is 2.39. The van der Waals surface area contributed by atoms with Crippen molar-refractivity contribution in [1.29, 1.82) is 0 Å². The summed E-state index contributed by atoms with van der Waals surface area (Å²) in [7, 11) is 2.37. The third-order valence-electron chi connectivity index (χ3n) is 5.93. The van der Waals surface area contributed by atoms with Gasteiger partial charge in [-0.05, 0) is 69.4 Å². The van der Waals surface area contributed by atoms with Gasteiger partial charge in [0.1, 0.15) is 0 Å². The van der Waals surface area contributed by atoms with Crippen LogP contribution in [-0.2, 0) is 0 Å². The van der Waals surface area contributed by atoms with Crippen molar-refractivity contribution < 1.29 is 0 Å². The van der Waals surface area contributed by atoms with Crippen LogP contribution >= 0.6 is 0 Å². The van der Waals surface area contributed by atoms with Crippen molar-refractivity contribution in [3.8, 4) is 0 Å². The van der Waals surface area contributed by atoms with Crippen LogP contribution in [0.4, 0.5) is 0 Å². The molecule has 0 radical (unpaired) electrons. The summed E-state index contributed by atoms with van der Waals surface area (Å²) in [4.78, 5) is 2.71. The maximum Gasteiger partial charge on any atom is 0.0138 e. The molecule has 2 aliphatic rings. The highest BCUT2D eigenvalue weighted by molar-refractivity contribution is 4.90. The number of hydrogen-bond acceptors (Lipinski definition) is 2. The molecule has 0 aromatic rings. The molecule has 0 aliphatic heterocycles. The molecule has 0 aromatic heterocycles. The maximum atomic E-state index is 6.02. The van der Waals surface area contributed by atoms with Crippen LogP contribution in [0.5, 0.6) is 0 Å². The van der Waals surface area contributed by atoms with E-state index in [-0.39, 0.29) is 0 Å². The first-order valence-corrected chi connectivity index (χ1v) is 8.35. The maximum absolute atomic E-state index is 6.02. The lowest BCUT2D eigenvalue weighted by Crippen LogP contribution is -2.50. The predicted octanol–water partition coefficient (Wildman–Crippen LogP) is 3.65. The van der Waals surface area contributed by atoms with E-state index in [2.05, 4.69) is 32.7 Å². The van der Waals surface area contributed by atoms with E-state index in [1.54, 1.807) is 0 Å². The molecule has 0 amide bonds. The first-order valence-electron chi connectivity index (χ1n) is 8.35. The minimum atomic E-state index is 0.574. The summed E-state index contributed by atoms with van der Waals surface area (Å²) >= 11 is 0. The Bertz CT molecular complexity index is 277. The summed E-state index contributed by atoms with van der Waals surface area (Å²) in [6.45, 7) is 8.14. The topological polar surface area (TPSA) is 29.3 Å². The number of nitrogens with two attached hydrogens (primary N) is 1. The normalized spacial score (nSPS) is 36.6. The van der Waals surface area contributed by atoms with Gasteiger partial charge in [-0.15, -0.1) is 0 Å². The van der Waals surface area contributed by atoms with Gasteiger partial charge in [0.25, 0.3) is 0 Å². The molecule has 0 aromatic carbocycles. The van der Waals surface area contributed by atoms with Crippen LogP contribution in [0.1, 0.15) is 65.7 Å². The van der Waals surface area contributed by atoms with Gasteiger partial charge in [-0.2, -0.15) is 0 Å². The number of hydrogen-bond donors (Lipinski definition) is 1. The molecule has 3 atom stereocenters. The molecule has 2 nitrogen and oxygen atoms in total. The van der Waals surface area contributed by atoms with E-state index >= 15 is 0 Å². The van der Waals surface area contributed by atoms with Crippen LogP contribution in [0.15, 0.2) is 0 Å². The Morgan fingerprint density at radius 2 is 1.74 bits per heavy atom. The smallest absolute Gasteiger partial charge is 0.0138 e. The van der Waals surface area contributed by atoms with Gasteiger partial charge in [0.2, 0.25) is 0 Å². The minimum Gasteiger partial charge on any atom is -0.330 e. The van der Waals surface area contributed by atoms with Gasteiger partial charge in [-0.1, -0.05) is 27.2 Å². The fourth-order valence-electron chi connectivity index (χ4n) is 4.25. The van der Waals surface area contributed by atoms with E-state index in [4.69, 9.17) is 5.73 Å². The van der Waals surface area contributed by atoms with Crippen molar-refractivity contribution in [2.24, 2.45) is 23.0 Å². The van der Waals surface area contributed by atoms with Gasteiger partial charge in [0.15, 0.2) is 0 Å². The van der Waals surface area contributed by atoms with Crippen molar-refractivity contribution in [3.63, 3.8) is 0 Å². The van der Waals surface area contributed by atoms with Crippen LogP contribution in [0.2, 0.25) is 0 Å². The van der Waals surface area contributed by atoms with Crippen molar-refractivity contribution in [3.05, 3.63) is 0 Å². The Balaban J connectivity index is 1.95. The lowest BCUT2D eigenvalue weighted by atomic mass is 9.73. The van der Waals surface area contributed by atoms with Crippen LogP contribution < -0.4 is 5.73 Å². The highest BCUT2D eigenvalue weighted by atomic mass is 15.2. The average Bonchev–Trinajstić information content (AvgIpc) is 2.38. The third kappa shape index (κ3) is 3.72. The monoisotopic (exact) mass is 266 g/mol. The van der Waals surface area contributed by atoms with Gasteiger partial charge in [-0.25, -0.2) is 0 Å². The van der Waals surface area contributed by atoms with E-state index in [0.717, 1.165) is 30.5 Å². The van der Waals surface area contributed by atoms with Gasteiger partial charge < -0.3 is 10.6 Å². The average molecular weight is 266 g/mol. The molecule has 2 N–H and O–H groups in total. The SMILES string of the molecule is CC1CCC(CN)C(N(C)C2CCC(C)(C)CC2)C1. The van der Waals surface area contributed by atoms with Crippen molar-refractivity contribution in [2.75, 3.05) is 13.6 Å². The zero-order valence-corrected chi connectivity index (χ0v) is 13.5. The molecule has 2 heteroatoms. The number of rotatable bonds is 3. The van der Waals surface area contributed by atoms with Gasteiger partial charge in [-0.3, -0.25) is 0 Å². The van der Waals surface area contributed by atoms with Crippen LogP contribution in [0, 0.1) is 17.3 Å². The van der Waals surface area contributed by atoms with Gasteiger partial charge >= 0.3 is 0 Å². The third-order valence-corrected chi connectivity index (χ3v) is 5.93. The van der Waals surface area contributed by atoms with Crippen molar-refractivity contribution >= 4 is 0 Å². The quantitative estimate of drug-likeness (QED) is 0.845. The van der Waals surface area contributed by atoms with E-state index in [1.165, 1.54) is 44.9 Å². The van der Waals surface area contributed by atoms with E-state index < -0.39 is 0 Å². The zero-order chi connectivity index (χ0) is 14.0. The predicted molar refractivity (Wildman–Crippen MR) is 83.1 cm³/mol. The number of nitrogens with zero attached hydrogens (tertiary/aromatic N) is 1. The second kappa shape index (κ2) is 6.13. The second-order valence-corrected chi connectivity index (χ2v) is 8.04. The molecule has 2 saturated carbocycles. The Morgan fingerprint density at radius 1 is 1.11 bits per heavy atom. The fraction of sp³-hybridized carbons (Fsp3) is 1.00. The molecule has 0 saturated heterocycles. The zero-order valence-electron chi connectivity index (χ0n) is 13.5. The molecular weight excluding hydrogens is 232 g/mol. The fourth-order valence-corrected chi connectivity index (χ4v) is 4.25. The Labute approximate surface area is 120 Å². The minimum absolute atomic E-state index is 0.574. The summed E-state index contributed by atoms with van der Waals surface area (Å²) in [6, 6.07) is 1.54. The Kier molecular flexibility index (Phi) is 4.94. The first-order chi connectivity index (χ1) is 8.93. The van der Waals surface area contributed by atoms with Gasteiger partial charge in [0.05, 0.1) is 0 Å². The first kappa shape index (κ1) is 15.3. The molecule has 2 rings (SSSR count). The molecule has 0 heterocycles. The highest BCUT2D eigenvalue weighted by Gasteiger charge is 2.36. The summed E-state index contributed by atoms with van der Waals surface area (Å²) in [5, 5.41) is 0. The molecule has 2 aliphatic carbocycles. The summed E-state index contributed by atoms with van der Waals surface area (Å²) in [5.74, 6) is 1.62. The van der Waals surface area contributed by atoms with Crippen LogP contribution in [0.3, 0.4) is 0 Å². The Morgan fingerprint density at radius 3 is 2.32 bits per heavy atom. The molecular formula is C17H34N2. The van der Waals surface area contributed by atoms with E-state index in [1.807, 2.05) is 0 Å². The largest absolute Gasteiger partial charge is 0.330 e. The molecule has 112 valence electrons. The van der Waals surface area contributed by atoms with Crippen LogP contribution in [-0.4, -0.2) is 30.6 Å². The molecule has 0 bridgehead atoms. The lowest BCUT2D eigenvalue weighted by molar-refractivity contribution is 0.0399. The van der Waals surface area contributed by atoms with E-state index in [0.29, 0.717) is 5.41 Å². The van der Waals surface area contributed by atoms with Gasteiger partial charge in [0, 0.05) is 12.1 Å². The van der Waals surface area contributed by atoms with Crippen molar-refractivity contribution in [1.82, 2.24) is 4.90 Å². The summed E-state index contributed by atoms with van der Waals surface area (Å²) in [5.41, 5.74) is 6.60. The van der Waals surface area contributed by atoms with E-state index in [9.17, 15) is 0 Å².